The van der Waals surface area contributed by atoms with Gasteiger partial charge in [0, 0.05) is 39.6 Å². The number of nitrogens with zero attached hydrogens (tertiary/aromatic N) is 5. The summed E-state index contributed by atoms with van der Waals surface area (Å²) in [6.07, 6.45) is 15.4. The predicted molar refractivity (Wildman–Crippen MR) is 149 cm³/mol. The molecule has 5 aliphatic rings. The third-order valence-corrected chi connectivity index (χ3v) is 12.3. The molecule has 1 aliphatic heterocycles. The topological polar surface area (TPSA) is 74.5 Å². The number of amides is 1. The quantitative estimate of drug-likeness (QED) is 0.560. The van der Waals surface area contributed by atoms with E-state index in [0.717, 1.165) is 75.1 Å². The summed E-state index contributed by atoms with van der Waals surface area (Å²) in [5.74, 6) is 4.98. The Morgan fingerprint density at radius 1 is 1.11 bits per heavy atom. The summed E-state index contributed by atoms with van der Waals surface area (Å²) in [6.45, 7) is 10.8. The molecule has 1 aromatic heterocycles. The molecule has 4 fully saturated rings. The van der Waals surface area contributed by atoms with Crippen molar-refractivity contribution in [2.24, 2.45) is 47.5 Å². The number of hydrogen-bond donors (Lipinski definition) is 1. The molecule has 6 rings (SSSR count). The van der Waals surface area contributed by atoms with Crippen LogP contribution in [0.5, 0.6) is 0 Å². The van der Waals surface area contributed by atoms with Crippen LogP contribution in [0.15, 0.2) is 18.0 Å². The average molecular weight is 524 g/mol. The third-order valence-electron chi connectivity index (χ3n) is 12.3. The fraction of sp³-hybridized carbons (Fsp3) is 0.839. The van der Waals surface area contributed by atoms with Crippen molar-refractivity contribution in [3.05, 3.63) is 18.0 Å². The smallest absolute Gasteiger partial charge is 0.223 e. The van der Waals surface area contributed by atoms with Gasteiger partial charge >= 0.3 is 0 Å². The van der Waals surface area contributed by atoms with Crippen molar-refractivity contribution in [3.8, 4) is 0 Å². The zero-order valence-corrected chi connectivity index (χ0v) is 24.1. The number of allylic oxidation sites excluding steroid dienone is 1. The molecule has 210 valence electrons. The van der Waals surface area contributed by atoms with Gasteiger partial charge in [-0.05, 0) is 98.2 Å². The number of fused-ring (bicyclic) bond motifs is 5. The normalized spacial score (nSPS) is 39.7. The molecule has 1 saturated heterocycles. The van der Waals surface area contributed by atoms with E-state index in [-0.39, 0.29) is 6.10 Å². The monoisotopic (exact) mass is 523 g/mol. The van der Waals surface area contributed by atoms with Gasteiger partial charge in [-0.3, -0.25) is 4.79 Å². The molecule has 1 N–H and O–H groups in total. The molecule has 2 heterocycles. The molecule has 1 unspecified atom stereocenters. The van der Waals surface area contributed by atoms with Crippen LogP contribution in [0, 0.1) is 40.4 Å². The first kappa shape index (κ1) is 26.3. The lowest BCUT2D eigenvalue weighted by atomic mass is 9.47. The Morgan fingerprint density at radius 2 is 1.89 bits per heavy atom. The van der Waals surface area contributed by atoms with Gasteiger partial charge in [-0.1, -0.05) is 32.4 Å². The summed E-state index contributed by atoms with van der Waals surface area (Å²) < 4.78 is 1.81. The van der Waals surface area contributed by atoms with Gasteiger partial charge in [0.05, 0.1) is 6.10 Å². The van der Waals surface area contributed by atoms with Gasteiger partial charge in [-0.15, -0.1) is 0 Å². The largest absolute Gasteiger partial charge is 0.393 e. The van der Waals surface area contributed by atoms with Crippen molar-refractivity contribution >= 4 is 11.9 Å². The second kappa shape index (κ2) is 9.94. The number of aromatic nitrogens is 3. The van der Waals surface area contributed by atoms with E-state index in [0.29, 0.717) is 29.1 Å². The first-order valence-electron chi connectivity index (χ1n) is 15.4. The van der Waals surface area contributed by atoms with Crippen molar-refractivity contribution in [2.75, 3.05) is 31.1 Å². The summed E-state index contributed by atoms with van der Waals surface area (Å²) in [6, 6.07) is 0. The third kappa shape index (κ3) is 4.31. The summed E-state index contributed by atoms with van der Waals surface area (Å²) in [4.78, 5) is 21.8. The summed E-state index contributed by atoms with van der Waals surface area (Å²) >= 11 is 0. The summed E-state index contributed by atoms with van der Waals surface area (Å²) in [5, 5.41) is 14.5. The highest BCUT2D eigenvalue weighted by molar-refractivity contribution is 5.76. The summed E-state index contributed by atoms with van der Waals surface area (Å²) in [7, 11) is 1.92. The Labute approximate surface area is 229 Å². The first-order chi connectivity index (χ1) is 18.2. The Kier molecular flexibility index (Phi) is 6.89. The molecule has 38 heavy (non-hydrogen) atoms. The number of piperazine rings is 1. The van der Waals surface area contributed by atoms with Crippen molar-refractivity contribution in [3.63, 3.8) is 0 Å². The molecule has 0 spiro atoms. The van der Waals surface area contributed by atoms with Gasteiger partial charge in [-0.2, -0.15) is 10.1 Å². The Bertz CT molecular complexity index is 1060. The van der Waals surface area contributed by atoms with Crippen LogP contribution in [0.2, 0.25) is 0 Å². The van der Waals surface area contributed by atoms with Crippen LogP contribution in [0.3, 0.4) is 0 Å². The Balaban J connectivity index is 1.05. The average Bonchev–Trinajstić information content (AvgIpc) is 3.50. The van der Waals surface area contributed by atoms with Crippen LogP contribution < -0.4 is 4.90 Å². The number of aliphatic hydroxyl groups excluding tert-OH is 1. The molecule has 0 bridgehead atoms. The molecule has 0 aromatic carbocycles. The Morgan fingerprint density at radius 3 is 2.63 bits per heavy atom. The van der Waals surface area contributed by atoms with E-state index in [1.807, 2.05) is 11.7 Å². The molecule has 8 atom stereocenters. The maximum atomic E-state index is 13.2. The van der Waals surface area contributed by atoms with Crippen LogP contribution in [0.4, 0.5) is 5.95 Å². The van der Waals surface area contributed by atoms with Gasteiger partial charge in [-0.25, -0.2) is 4.68 Å². The SMILES string of the molecule is CC(CCC(=O)N1CCN(c2ncnn2C)CC1)[C@H]1CC[C@H]2[C@@H]3CC=C4C[C@@H](O)CC[C@]4(C)[C@H]3CC[C@]12C. The molecule has 7 heteroatoms. The van der Waals surface area contributed by atoms with Crippen LogP contribution >= 0.6 is 0 Å². The van der Waals surface area contributed by atoms with Gasteiger partial charge in [0.1, 0.15) is 6.33 Å². The highest BCUT2D eigenvalue weighted by atomic mass is 16.3. The van der Waals surface area contributed by atoms with Crippen molar-refractivity contribution in [1.29, 1.82) is 0 Å². The second-order valence-corrected chi connectivity index (χ2v) is 14.0. The van der Waals surface area contributed by atoms with Crippen LogP contribution in [-0.2, 0) is 11.8 Å². The van der Waals surface area contributed by atoms with Crippen LogP contribution in [-0.4, -0.2) is 63.0 Å². The predicted octanol–water partition coefficient (Wildman–Crippen LogP) is 4.82. The van der Waals surface area contributed by atoms with E-state index in [1.54, 1.807) is 11.9 Å². The second-order valence-electron chi connectivity index (χ2n) is 14.0. The van der Waals surface area contributed by atoms with Gasteiger partial charge in [0.25, 0.3) is 0 Å². The number of aryl methyl sites for hydroxylation is 1. The van der Waals surface area contributed by atoms with E-state index in [4.69, 9.17) is 0 Å². The van der Waals surface area contributed by atoms with Gasteiger partial charge < -0.3 is 14.9 Å². The Hall–Kier alpha value is -1.89. The maximum absolute atomic E-state index is 13.2. The molecular formula is C31H49N5O2. The van der Waals surface area contributed by atoms with E-state index in [1.165, 1.54) is 38.5 Å². The van der Waals surface area contributed by atoms with Gasteiger partial charge in [0.15, 0.2) is 0 Å². The standard InChI is InChI=1S/C31H49N5O2/c1-21(5-10-28(38)35-15-17-36(18-16-35)29-32-20-33-34(29)4)25-8-9-26-24-7-6-22-19-23(37)11-13-30(22,2)27(24)12-14-31(25,26)3/h6,20-21,23-27,37H,5,7-19H2,1-4H3/t21?,23-,24-,25+,26-,27-,30-,31+/m0/s1. The number of rotatable bonds is 5. The van der Waals surface area contributed by atoms with Crippen molar-refractivity contribution in [1.82, 2.24) is 19.7 Å². The number of aliphatic hydroxyl groups is 1. The van der Waals surface area contributed by atoms with E-state index >= 15 is 0 Å². The molecule has 4 aliphatic carbocycles. The lowest BCUT2D eigenvalue weighted by molar-refractivity contribution is -0.132. The lowest BCUT2D eigenvalue weighted by Crippen LogP contribution is -2.51. The minimum absolute atomic E-state index is 0.124. The summed E-state index contributed by atoms with van der Waals surface area (Å²) in [5.41, 5.74) is 2.30. The number of carbonyl (C=O) groups is 1. The first-order valence-corrected chi connectivity index (χ1v) is 15.4. The maximum Gasteiger partial charge on any atom is 0.223 e. The minimum atomic E-state index is -0.124. The number of hydrogen-bond acceptors (Lipinski definition) is 5. The minimum Gasteiger partial charge on any atom is -0.393 e. The molecule has 1 amide bonds. The zero-order chi connectivity index (χ0) is 26.7. The molecule has 1 aromatic rings. The fourth-order valence-electron chi connectivity index (χ4n) is 10.1. The highest BCUT2D eigenvalue weighted by Crippen LogP contribution is 2.67. The molecular weight excluding hydrogens is 474 g/mol. The molecule has 3 saturated carbocycles. The van der Waals surface area contributed by atoms with Crippen molar-refractivity contribution < 1.29 is 9.90 Å². The van der Waals surface area contributed by atoms with E-state index in [2.05, 4.69) is 46.7 Å². The lowest BCUT2D eigenvalue weighted by Gasteiger charge is -2.58. The fourth-order valence-corrected chi connectivity index (χ4v) is 10.1. The van der Waals surface area contributed by atoms with Crippen LogP contribution in [0.25, 0.3) is 0 Å². The molecule has 0 radical (unpaired) electrons. The zero-order valence-electron chi connectivity index (χ0n) is 24.1. The highest BCUT2D eigenvalue weighted by Gasteiger charge is 2.59. The van der Waals surface area contributed by atoms with Crippen molar-refractivity contribution in [2.45, 2.75) is 91.1 Å². The van der Waals surface area contributed by atoms with E-state index in [9.17, 15) is 9.90 Å². The van der Waals surface area contributed by atoms with Crippen LogP contribution in [0.1, 0.15) is 85.0 Å². The number of carbonyl (C=O) groups excluding carboxylic acids is 1. The van der Waals surface area contributed by atoms with E-state index < -0.39 is 0 Å². The molecule has 7 nitrogen and oxygen atoms in total. The van der Waals surface area contributed by atoms with Gasteiger partial charge in [0.2, 0.25) is 11.9 Å². The number of anilines is 1.